The average Bonchev–Trinajstić information content (AvgIpc) is 3.04. The van der Waals surface area contributed by atoms with E-state index in [9.17, 15) is 0 Å². The van der Waals surface area contributed by atoms with Crippen molar-refractivity contribution in [3.8, 4) is 5.75 Å². The molecule has 0 unspecified atom stereocenters. The number of nitrogens with two attached hydrogens (primary N) is 1. The molecular formula is C11H13BrN2O. The molecule has 1 aromatic rings. The molecule has 0 aromatic heterocycles. The second kappa shape index (κ2) is 4.23. The molecule has 0 radical (unpaired) electrons. The first-order valence-electron chi connectivity index (χ1n) is 4.88. The molecule has 0 bridgehead atoms. The molecule has 1 saturated carbocycles. The van der Waals surface area contributed by atoms with E-state index in [0.717, 1.165) is 21.7 Å². The van der Waals surface area contributed by atoms with Gasteiger partial charge in [0.05, 0.1) is 17.3 Å². The van der Waals surface area contributed by atoms with Crippen LogP contribution < -0.4 is 10.5 Å². The number of rotatable bonds is 3. The van der Waals surface area contributed by atoms with Crippen LogP contribution in [0.3, 0.4) is 0 Å². The van der Waals surface area contributed by atoms with Crippen LogP contribution in [0.1, 0.15) is 12.8 Å². The zero-order valence-corrected chi connectivity index (χ0v) is 10.1. The Bertz CT molecular complexity index is 400. The lowest BCUT2D eigenvalue weighted by molar-refractivity contribution is 0.412. The molecule has 0 atom stereocenters. The summed E-state index contributed by atoms with van der Waals surface area (Å²) in [5, 5.41) is 0. The smallest absolute Gasteiger partial charge is 0.135 e. The zero-order valence-electron chi connectivity index (χ0n) is 8.53. The van der Waals surface area contributed by atoms with Crippen molar-refractivity contribution < 1.29 is 4.74 Å². The van der Waals surface area contributed by atoms with Gasteiger partial charge in [0.25, 0.3) is 0 Å². The molecule has 15 heavy (non-hydrogen) atoms. The van der Waals surface area contributed by atoms with Gasteiger partial charge in [0.2, 0.25) is 0 Å². The highest BCUT2D eigenvalue weighted by Gasteiger charge is 2.25. The van der Waals surface area contributed by atoms with Gasteiger partial charge in [0.15, 0.2) is 0 Å². The van der Waals surface area contributed by atoms with E-state index in [4.69, 9.17) is 10.5 Å². The monoisotopic (exact) mass is 268 g/mol. The van der Waals surface area contributed by atoms with Crippen molar-refractivity contribution in [1.82, 2.24) is 0 Å². The molecule has 1 aliphatic rings. The Labute approximate surface area is 97.5 Å². The third kappa shape index (κ3) is 2.50. The Morgan fingerprint density at radius 1 is 1.53 bits per heavy atom. The van der Waals surface area contributed by atoms with Crippen molar-refractivity contribution in [3.63, 3.8) is 0 Å². The van der Waals surface area contributed by atoms with Crippen LogP contribution in [0, 0.1) is 5.92 Å². The SMILES string of the molecule is COc1cc(N=C(N)C2CC2)ccc1Br. The number of amidine groups is 1. The van der Waals surface area contributed by atoms with Crippen LogP contribution in [0.25, 0.3) is 0 Å². The number of ether oxygens (including phenoxy) is 1. The lowest BCUT2D eigenvalue weighted by atomic mass is 10.3. The minimum atomic E-state index is 0.500. The Morgan fingerprint density at radius 2 is 2.27 bits per heavy atom. The summed E-state index contributed by atoms with van der Waals surface area (Å²) in [6.45, 7) is 0. The van der Waals surface area contributed by atoms with E-state index in [-0.39, 0.29) is 0 Å². The van der Waals surface area contributed by atoms with E-state index in [2.05, 4.69) is 20.9 Å². The van der Waals surface area contributed by atoms with Crippen molar-refractivity contribution in [3.05, 3.63) is 22.7 Å². The molecule has 0 heterocycles. The Kier molecular flexibility index (Phi) is 2.95. The fourth-order valence-electron chi connectivity index (χ4n) is 1.34. The number of methoxy groups -OCH3 is 1. The molecule has 3 nitrogen and oxygen atoms in total. The maximum absolute atomic E-state index is 5.84. The van der Waals surface area contributed by atoms with Crippen LogP contribution in [-0.2, 0) is 0 Å². The fraction of sp³-hybridized carbons (Fsp3) is 0.364. The summed E-state index contributed by atoms with van der Waals surface area (Å²) in [4.78, 5) is 4.36. The lowest BCUT2D eigenvalue weighted by Gasteiger charge is -2.04. The first-order chi connectivity index (χ1) is 7.20. The first-order valence-corrected chi connectivity index (χ1v) is 5.67. The number of hydrogen-bond donors (Lipinski definition) is 1. The second-order valence-electron chi connectivity index (χ2n) is 3.63. The minimum absolute atomic E-state index is 0.500. The molecule has 0 aliphatic heterocycles. The lowest BCUT2D eigenvalue weighted by Crippen LogP contribution is -2.12. The van der Waals surface area contributed by atoms with E-state index < -0.39 is 0 Å². The van der Waals surface area contributed by atoms with Gasteiger partial charge >= 0.3 is 0 Å². The van der Waals surface area contributed by atoms with Crippen LogP contribution >= 0.6 is 15.9 Å². The maximum atomic E-state index is 5.84. The van der Waals surface area contributed by atoms with Crippen LogP contribution in [0.4, 0.5) is 5.69 Å². The largest absolute Gasteiger partial charge is 0.495 e. The zero-order chi connectivity index (χ0) is 10.8. The van der Waals surface area contributed by atoms with Gasteiger partial charge in [-0.3, -0.25) is 0 Å². The molecule has 2 N–H and O–H groups in total. The fourth-order valence-corrected chi connectivity index (χ4v) is 1.75. The first kappa shape index (κ1) is 10.5. The highest BCUT2D eigenvalue weighted by Crippen LogP contribution is 2.32. The Morgan fingerprint density at radius 3 is 2.87 bits per heavy atom. The molecule has 0 saturated heterocycles. The average molecular weight is 269 g/mol. The van der Waals surface area contributed by atoms with Gasteiger partial charge in [0, 0.05) is 12.0 Å². The standard InChI is InChI=1S/C11H13BrN2O/c1-15-10-6-8(4-5-9(10)12)14-11(13)7-2-3-7/h4-7H,2-3H2,1H3,(H2,13,14). The van der Waals surface area contributed by atoms with Crippen LogP contribution in [0.5, 0.6) is 5.75 Å². The summed E-state index contributed by atoms with van der Waals surface area (Å²) in [7, 11) is 1.64. The summed E-state index contributed by atoms with van der Waals surface area (Å²) in [6, 6.07) is 5.71. The van der Waals surface area contributed by atoms with Gasteiger partial charge in [-0.25, -0.2) is 4.99 Å². The normalized spacial score (nSPS) is 16.5. The van der Waals surface area contributed by atoms with E-state index in [0.29, 0.717) is 5.92 Å². The highest BCUT2D eigenvalue weighted by molar-refractivity contribution is 9.10. The van der Waals surface area contributed by atoms with E-state index in [1.807, 2.05) is 18.2 Å². The highest BCUT2D eigenvalue weighted by atomic mass is 79.9. The van der Waals surface area contributed by atoms with Crippen molar-refractivity contribution in [2.45, 2.75) is 12.8 Å². The molecule has 1 aromatic carbocycles. The number of benzene rings is 1. The van der Waals surface area contributed by atoms with Gasteiger partial charge < -0.3 is 10.5 Å². The van der Waals surface area contributed by atoms with Crippen LogP contribution in [0.15, 0.2) is 27.7 Å². The molecule has 0 spiro atoms. The topological polar surface area (TPSA) is 47.6 Å². The van der Waals surface area contributed by atoms with Gasteiger partial charge in [-0.2, -0.15) is 0 Å². The van der Waals surface area contributed by atoms with E-state index in [1.165, 1.54) is 12.8 Å². The van der Waals surface area contributed by atoms with Gasteiger partial charge in [-0.05, 0) is 40.9 Å². The predicted octanol–water partition coefficient (Wildman–Crippen LogP) is 2.86. The molecule has 1 fully saturated rings. The number of nitrogens with zero attached hydrogens (tertiary/aromatic N) is 1. The van der Waals surface area contributed by atoms with Gasteiger partial charge in [-0.15, -0.1) is 0 Å². The number of aliphatic imine (C=N–C) groups is 1. The third-order valence-corrected chi connectivity index (χ3v) is 3.04. The van der Waals surface area contributed by atoms with Crippen LogP contribution in [-0.4, -0.2) is 12.9 Å². The molecular weight excluding hydrogens is 256 g/mol. The number of hydrogen-bond acceptors (Lipinski definition) is 2. The molecule has 1 aliphatic carbocycles. The maximum Gasteiger partial charge on any atom is 0.135 e. The van der Waals surface area contributed by atoms with Gasteiger partial charge in [0.1, 0.15) is 11.6 Å². The molecule has 80 valence electrons. The molecule has 4 heteroatoms. The summed E-state index contributed by atoms with van der Waals surface area (Å²) in [6.07, 6.45) is 2.34. The predicted molar refractivity (Wildman–Crippen MR) is 64.7 cm³/mol. The van der Waals surface area contributed by atoms with E-state index >= 15 is 0 Å². The van der Waals surface area contributed by atoms with Gasteiger partial charge in [-0.1, -0.05) is 0 Å². The summed E-state index contributed by atoms with van der Waals surface area (Å²) >= 11 is 3.39. The third-order valence-electron chi connectivity index (χ3n) is 2.39. The second-order valence-corrected chi connectivity index (χ2v) is 4.48. The molecule has 0 amide bonds. The Balaban J connectivity index is 2.24. The molecule has 2 rings (SSSR count). The van der Waals surface area contributed by atoms with Crippen molar-refractivity contribution in [2.75, 3.05) is 7.11 Å². The van der Waals surface area contributed by atoms with E-state index in [1.54, 1.807) is 7.11 Å². The van der Waals surface area contributed by atoms with Crippen molar-refractivity contribution in [1.29, 1.82) is 0 Å². The minimum Gasteiger partial charge on any atom is -0.495 e. The van der Waals surface area contributed by atoms with Crippen LogP contribution in [0.2, 0.25) is 0 Å². The summed E-state index contributed by atoms with van der Waals surface area (Å²) in [5.74, 6) is 2.01. The number of halogens is 1. The quantitative estimate of drug-likeness (QED) is 0.677. The van der Waals surface area contributed by atoms with Crippen molar-refractivity contribution in [2.24, 2.45) is 16.6 Å². The van der Waals surface area contributed by atoms with Crippen molar-refractivity contribution >= 4 is 27.5 Å². The summed E-state index contributed by atoms with van der Waals surface area (Å²) in [5.41, 5.74) is 6.68. The summed E-state index contributed by atoms with van der Waals surface area (Å²) < 4.78 is 6.11. The Hall–Kier alpha value is -1.03.